The van der Waals surface area contributed by atoms with Crippen molar-refractivity contribution in [1.29, 1.82) is 0 Å². The number of methoxy groups -OCH3 is 1. The Morgan fingerprint density at radius 3 is 2.28 bits per heavy atom. The molecule has 0 radical (unpaired) electrons. The number of alkyl halides is 2. The molecule has 0 heterocycles. The molecule has 0 spiro atoms. The molecule has 1 fully saturated rings. The largest absolute Gasteiger partial charge is 0.497 e. The molecule has 4 nitrogen and oxygen atoms in total. The summed E-state index contributed by atoms with van der Waals surface area (Å²) in [6.07, 6.45) is 0. The van der Waals surface area contributed by atoms with Gasteiger partial charge in [-0.15, -0.1) is 0 Å². The van der Waals surface area contributed by atoms with Gasteiger partial charge >= 0.3 is 5.97 Å². The molecule has 0 bridgehead atoms. The highest BCUT2D eigenvalue weighted by Crippen LogP contribution is 2.76. The zero-order valence-electron chi connectivity index (χ0n) is 15.4. The van der Waals surface area contributed by atoms with Crippen LogP contribution in [0.3, 0.4) is 0 Å². The van der Waals surface area contributed by atoms with Gasteiger partial charge in [0.15, 0.2) is 0 Å². The van der Waals surface area contributed by atoms with Gasteiger partial charge in [0.2, 0.25) is 0 Å². The topological polar surface area (TPSA) is 44.8 Å². The molecule has 1 aliphatic rings. The Kier molecular flexibility index (Phi) is 5.58. The van der Waals surface area contributed by atoms with Crippen LogP contribution in [0, 0.1) is 5.92 Å². The summed E-state index contributed by atoms with van der Waals surface area (Å²) in [6.45, 7) is 6.86. The van der Waals surface area contributed by atoms with Gasteiger partial charge in [0, 0.05) is 6.92 Å². The number of benzene rings is 1. The van der Waals surface area contributed by atoms with Crippen LogP contribution in [0.4, 0.5) is 8.78 Å². The van der Waals surface area contributed by atoms with E-state index in [0.29, 0.717) is 0 Å². The second kappa shape index (κ2) is 7.03. The minimum absolute atomic E-state index is 0.0510. The molecule has 140 valence electrons. The average Bonchev–Trinajstić information content (AvgIpc) is 3.01. The van der Waals surface area contributed by atoms with E-state index in [2.05, 4.69) is 0 Å². The van der Waals surface area contributed by atoms with Crippen molar-refractivity contribution in [3.63, 3.8) is 0 Å². The van der Waals surface area contributed by atoms with E-state index in [0.717, 1.165) is 11.3 Å². The van der Waals surface area contributed by atoms with Crippen LogP contribution in [0.15, 0.2) is 24.3 Å². The predicted octanol–water partition coefficient (Wildman–Crippen LogP) is 4.12. The van der Waals surface area contributed by atoms with Gasteiger partial charge in [-0.3, -0.25) is 4.79 Å². The van der Waals surface area contributed by atoms with Crippen LogP contribution in [-0.2, 0) is 20.9 Å². The number of hydrogen-bond donors (Lipinski definition) is 0. The molecule has 1 aromatic rings. The van der Waals surface area contributed by atoms with Gasteiger partial charge in [-0.25, -0.2) is 8.78 Å². The normalized spacial score (nSPS) is 24.7. The lowest BCUT2D eigenvalue weighted by molar-refractivity contribution is -0.141. The van der Waals surface area contributed by atoms with Gasteiger partial charge in [0.05, 0.1) is 39.4 Å². The van der Waals surface area contributed by atoms with Crippen molar-refractivity contribution in [2.75, 3.05) is 20.3 Å². The van der Waals surface area contributed by atoms with Crippen LogP contribution in [0.2, 0.25) is 24.7 Å². The lowest BCUT2D eigenvalue weighted by atomic mass is 10.2. The van der Waals surface area contributed by atoms with E-state index in [4.69, 9.17) is 14.2 Å². The van der Waals surface area contributed by atoms with Gasteiger partial charge in [-0.1, -0.05) is 31.8 Å². The maximum atomic E-state index is 14.6. The third-order valence-corrected chi connectivity index (χ3v) is 8.60. The number of hydrogen-bond acceptors (Lipinski definition) is 4. The minimum Gasteiger partial charge on any atom is -0.497 e. The molecule has 0 amide bonds. The van der Waals surface area contributed by atoms with Crippen molar-refractivity contribution in [2.24, 2.45) is 5.92 Å². The first-order valence-electron chi connectivity index (χ1n) is 8.28. The molecule has 2 rings (SSSR count). The summed E-state index contributed by atoms with van der Waals surface area (Å²) < 4.78 is 44.9. The van der Waals surface area contributed by atoms with E-state index < -0.39 is 30.9 Å². The molecule has 0 saturated heterocycles. The van der Waals surface area contributed by atoms with E-state index in [1.165, 1.54) is 6.92 Å². The Labute approximate surface area is 148 Å². The molecule has 7 heteroatoms. The molecule has 2 atom stereocenters. The summed E-state index contributed by atoms with van der Waals surface area (Å²) in [4.78, 5) is 11.1. The number of esters is 1. The van der Waals surface area contributed by atoms with Crippen molar-refractivity contribution in [1.82, 2.24) is 0 Å². The second-order valence-electron chi connectivity index (χ2n) is 7.54. The Hall–Kier alpha value is -1.47. The van der Waals surface area contributed by atoms with Gasteiger partial charge < -0.3 is 14.2 Å². The van der Waals surface area contributed by atoms with Crippen LogP contribution in [0.5, 0.6) is 5.75 Å². The average molecular weight is 372 g/mol. The summed E-state index contributed by atoms with van der Waals surface area (Å²) in [6, 6.07) is 7.29. The molecular weight excluding hydrogens is 346 g/mol. The maximum absolute atomic E-state index is 14.6. The summed E-state index contributed by atoms with van der Waals surface area (Å²) in [5.74, 6) is -3.58. The summed E-state index contributed by atoms with van der Waals surface area (Å²) in [5, 5.41) is -1.26. The van der Waals surface area contributed by atoms with E-state index in [1.54, 1.807) is 19.2 Å². The first kappa shape index (κ1) is 19.8. The third-order valence-electron chi connectivity index (χ3n) is 5.10. The number of ether oxygens (including phenoxy) is 3. The molecule has 0 aromatic heterocycles. The molecule has 25 heavy (non-hydrogen) atoms. The van der Waals surface area contributed by atoms with Crippen LogP contribution >= 0.6 is 0 Å². The van der Waals surface area contributed by atoms with Crippen LogP contribution in [-0.4, -0.2) is 40.3 Å². The highest BCUT2D eigenvalue weighted by atomic mass is 28.3. The zero-order chi connectivity index (χ0) is 18.9. The van der Waals surface area contributed by atoms with Crippen molar-refractivity contribution < 1.29 is 27.8 Å². The number of carbonyl (C=O) groups is 1. The highest BCUT2D eigenvalue weighted by molar-refractivity contribution is 6.80. The van der Waals surface area contributed by atoms with Crippen molar-refractivity contribution in [2.45, 2.75) is 44.1 Å². The Bertz CT molecular complexity index is 612. The monoisotopic (exact) mass is 372 g/mol. The molecule has 1 aromatic carbocycles. The number of carbonyl (C=O) groups excluding carboxylic acids is 1. The fraction of sp³-hybridized carbons (Fsp3) is 0.611. The number of rotatable bonds is 8. The summed E-state index contributed by atoms with van der Waals surface area (Å²) >= 11 is 0. The van der Waals surface area contributed by atoms with Gasteiger partial charge in [-0.05, 0) is 17.7 Å². The molecule has 2 unspecified atom stereocenters. The summed E-state index contributed by atoms with van der Waals surface area (Å²) in [5.41, 5.74) is 0.892. The Morgan fingerprint density at radius 2 is 1.80 bits per heavy atom. The molecule has 0 aliphatic heterocycles. The molecule has 1 aliphatic carbocycles. The smallest absolute Gasteiger partial charge is 0.302 e. The third kappa shape index (κ3) is 3.72. The fourth-order valence-electron chi connectivity index (χ4n) is 3.45. The maximum Gasteiger partial charge on any atom is 0.302 e. The van der Waals surface area contributed by atoms with Crippen molar-refractivity contribution >= 4 is 14.0 Å². The standard InChI is InChI=1S/C18H26F2O4Si/c1-13(21)24-12-17(25(3,4)5)16(18(17,19)20)11-23-10-14-6-8-15(22-2)9-7-14/h6-9,16H,10-12H2,1-5H3. The number of halogens is 2. The van der Waals surface area contributed by atoms with E-state index >= 15 is 0 Å². The predicted molar refractivity (Wildman–Crippen MR) is 93.8 cm³/mol. The van der Waals surface area contributed by atoms with Crippen LogP contribution in [0.25, 0.3) is 0 Å². The fourth-order valence-corrected chi connectivity index (χ4v) is 6.36. The highest BCUT2D eigenvalue weighted by Gasteiger charge is 2.84. The van der Waals surface area contributed by atoms with Crippen molar-refractivity contribution in [3.05, 3.63) is 29.8 Å². The quantitative estimate of drug-likeness (QED) is 0.509. The lowest BCUT2D eigenvalue weighted by Crippen LogP contribution is -2.38. The van der Waals surface area contributed by atoms with E-state index in [1.807, 2.05) is 31.8 Å². The Morgan fingerprint density at radius 1 is 1.20 bits per heavy atom. The van der Waals surface area contributed by atoms with Crippen LogP contribution < -0.4 is 4.74 Å². The first-order chi connectivity index (χ1) is 11.6. The first-order valence-corrected chi connectivity index (χ1v) is 11.8. The van der Waals surface area contributed by atoms with Crippen LogP contribution in [0.1, 0.15) is 12.5 Å². The second-order valence-corrected chi connectivity index (χ2v) is 12.9. The van der Waals surface area contributed by atoms with Crippen molar-refractivity contribution in [3.8, 4) is 5.75 Å². The van der Waals surface area contributed by atoms with Gasteiger partial charge in [0.1, 0.15) is 12.4 Å². The van der Waals surface area contributed by atoms with E-state index in [-0.39, 0.29) is 19.8 Å². The Balaban J connectivity index is 2.00. The minimum atomic E-state index is -2.87. The lowest BCUT2D eigenvalue weighted by Gasteiger charge is -2.29. The molecular formula is C18H26F2O4Si. The SMILES string of the molecule is COc1ccc(COCC2C(F)(F)C2(COC(C)=O)[Si](C)(C)C)cc1. The molecule has 1 saturated carbocycles. The van der Waals surface area contributed by atoms with Gasteiger partial charge in [-0.2, -0.15) is 0 Å². The zero-order valence-corrected chi connectivity index (χ0v) is 16.4. The molecule has 0 N–H and O–H groups in total. The summed E-state index contributed by atoms with van der Waals surface area (Å²) in [7, 11) is -0.721. The van der Waals surface area contributed by atoms with E-state index in [9.17, 15) is 13.6 Å². The van der Waals surface area contributed by atoms with Gasteiger partial charge in [0.25, 0.3) is 5.92 Å².